The minimum atomic E-state index is -0.799. The second kappa shape index (κ2) is 3.62. The number of alkyl halides is 2. The first kappa shape index (κ1) is 11.5. The number of ketones is 1. The van der Waals surface area contributed by atoms with Crippen molar-refractivity contribution in [3.63, 3.8) is 0 Å². The van der Waals surface area contributed by atoms with Crippen molar-refractivity contribution in [1.82, 2.24) is 0 Å². The van der Waals surface area contributed by atoms with Gasteiger partial charge in [0.05, 0.1) is 0 Å². The maximum atomic E-state index is 12.6. The van der Waals surface area contributed by atoms with Crippen LogP contribution in [0.2, 0.25) is 0 Å². The first-order valence-corrected chi connectivity index (χ1v) is 6.98. The molecule has 0 amide bonds. The summed E-state index contributed by atoms with van der Waals surface area (Å²) in [6.45, 7) is 0. The van der Waals surface area contributed by atoms with Crippen LogP contribution in [0.15, 0.2) is 48.5 Å². The number of rotatable bonds is 0. The second-order valence-corrected chi connectivity index (χ2v) is 6.58. The molecule has 0 aromatic heterocycles. The van der Waals surface area contributed by atoms with Gasteiger partial charge in [-0.25, -0.2) is 0 Å². The Hall–Kier alpha value is -1.31. The van der Waals surface area contributed by atoms with E-state index < -0.39 is 4.33 Å². The van der Waals surface area contributed by atoms with Crippen molar-refractivity contribution < 1.29 is 4.79 Å². The number of benzene rings is 2. The van der Waals surface area contributed by atoms with E-state index in [0.717, 1.165) is 22.3 Å². The summed E-state index contributed by atoms with van der Waals surface area (Å²) >= 11 is 12.9. The van der Waals surface area contributed by atoms with Crippen LogP contribution in [-0.2, 0) is 0 Å². The zero-order valence-corrected chi connectivity index (χ0v) is 11.4. The lowest BCUT2D eigenvalue weighted by Crippen LogP contribution is -2.08. The molecule has 19 heavy (non-hydrogen) atoms. The Labute approximate surface area is 121 Å². The van der Waals surface area contributed by atoms with Crippen LogP contribution in [0.5, 0.6) is 0 Å². The van der Waals surface area contributed by atoms with Gasteiger partial charge < -0.3 is 0 Å². The molecule has 0 radical (unpaired) electrons. The fourth-order valence-corrected chi connectivity index (χ4v) is 4.04. The van der Waals surface area contributed by atoms with Crippen molar-refractivity contribution in [2.45, 2.75) is 16.2 Å². The Morgan fingerprint density at radius 2 is 1.21 bits per heavy atom. The quantitative estimate of drug-likeness (QED) is 0.661. The van der Waals surface area contributed by atoms with Gasteiger partial charge in [0.1, 0.15) is 4.33 Å². The summed E-state index contributed by atoms with van der Waals surface area (Å²) in [5.74, 6) is 0.0989. The molecule has 2 aromatic carbocycles. The Morgan fingerprint density at radius 1 is 0.789 bits per heavy atom. The summed E-state index contributed by atoms with van der Waals surface area (Å²) in [5, 5.41) is 0. The molecule has 2 aromatic rings. The Bertz CT molecular complexity index is 648. The molecule has 2 atom stereocenters. The van der Waals surface area contributed by atoms with Gasteiger partial charge in [0.15, 0.2) is 5.78 Å². The van der Waals surface area contributed by atoms with Crippen molar-refractivity contribution in [2.75, 3.05) is 0 Å². The van der Waals surface area contributed by atoms with Crippen LogP contribution in [0.4, 0.5) is 0 Å². The maximum absolute atomic E-state index is 12.6. The zero-order chi connectivity index (χ0) is 13.2. The van der Waals surface area contributed by atoms with Crippen LogP contribution in [0, 0.1) is 0 Å². The first-order valence-electron chi connectivity index (χ1n) is 6.22. The molecule has 4 rings (SSSR count). The van der Waals surface area contributed by atoms with Gasteiger partial charge >= 0.3 is 0 Å². The summed E-state index contributed by atoms with van der Waals surface area (Å²) in [7, 11) is 0. The van der Waals surface area contributed by atoms with Crippen LogP contribution in [0.3, 0.4) is 0 Å². The van der Waals surface area contributed by atoms with E-state index in [0.29, 0.717) is 0 Å². The molecule has 2 aliphatic carbocycles. The van der Waals surface area contributed by atoms with Gasteiger partial charge in [0, 0.05) is 23.0 Å². The highest BCUT2D eigenvalue weighted by Crippen LogP contribution is 2.71. The van der Waals surface area contributed by atoms with Crippen LogP contribution < -0.4 is 0 Å². The van der Waals surface area contributed by atoms with E-state index in [-0.39, 0.29) is 17.6 Å². The van der Waals surface area contributed by atoms with Crippen molar-refractivity contribution in [3.8, 4) is 0 Å². The largest absolute Gasteiger partial charge is 0.289 e. The average molecular weight is 289 g/mol. The van der Waals surface area contributed by atoms with Gasteiger partial charge in [-0.2, -0.15) is 0 Å². The lowest BCUT2D eigenvalue weighted by atomic mass is 9.96. The SMILES string of the molecule is O=C1c2ccccc2C2C(c3ccccc31)C2(Cl)Cl. The first-order chi connectivity index (χ1) is 9.12. The Morgan fingerprint density at radius 3 is 1.68 bits per heavy atom. The third-order valence-corrected chi connectivity index (χ3v) is 5.07. The molecule has 3 heteroatoms. The van der Waals surface area contributed by atoms with Gasteiger partial charge in [-0.3, -0.25) is 4.79 Å². The molecule has 94 valence electrons. The topological polar surface area (TPSA) is 17.1 Å². The van der Waals surface area contributed by atoms with Gasteiger partial charge in [-0.1, -0.05) is 48.5 Å². The molecule has 2 aliphatic rings. The number of carbonyl (C=O) groups excluding carboxylic acids is 1. The third kappa shape index (κ3) is 1.40. The summed E-state index contributed by atoms with van der Waals surface area (Å²) in [6.07, 6.45) is 0. The lowest BCUT2D eigenvalue weighted by Gasteiger charge is -2.10. The highest BCUT2D eigenvalue weighted by atomic mass is 35.5. The van der Waals surface area contributed by atoms with E-state index in [1.165, 1.54) is 0 Å². The summed E-state index contributed by atoms with van der Waals surface area (Å²) < 4.78 is -0.799. The highest BCUT2D eigenvalue weighted by molar-refractivity contribution is 6.52. The van der Waals surface area contributed by atoms with Crippen molar-refractivity contribution in [1.29, 1.82) is 0 Å². The number of fused-ring (bicyclic) bond motifs is 5. The molecule has 0 N–H and O–H groups in total. The van der Waals surface area contributed by atoms with E-state index in [1.807, 2.05) is 48.5 Å². The third-order valence-electron chi connectivity index (χ3n) is 4.13. The van der Waals surface area contributed by atoms with Crippen LogP contribution in [0.25, 0.3) is 0 Å². The number of hydrogen-bond acceptors (Lipinski definition) is 1. The fraction of sp³-hybridized carbons (Fsp3) is 0.188. The minimum absolute atomic E-state index is 0.0135. The van der Waals surface area contributed by atoms with E-state index in [1.54, 1.807) is 0 Å². The lowest BCUT2D eigenvalue weighted by molar-refractivity contribution is 0.103. The van der Waals surface area contributed by atoms with E-state index >= 15 is 0 Å². The normalized spacial score (nSPS) is 25.9. The van der Waals surface area contributed by atoms with E-state index in [4.69, 9.17) is 23.2 Å². The molecule has 2 unspecified atom stereocenters. The Kier molecular flexibility index (Phi) is 2.19. The average Bonchev–Trinajstić information content (AvgIpc) is 3.02. The molecular formula is C16H10Cl2O. The molecule has 0 aliphatic heterocycles. The summed E-state index contributed by atoms with van der Waals surface area (Å²) in [6, 6.07) is 15.3. The maximum Gasteiger partial charge on any atom is 0.193 e. The van der Waals surface area contributed by atoms with Crippen molar-refractivity contribution in [2.24, 2.45) is 0 Å². The highest BCUT2D eigenvalue weighted by Gasteiger charge is 2.66. The molecule has 0 saturated heterocycles. The predicted molar refractivity (Wildman–Crippen MR) is 76.2 cm³/mol. The van der Waals surface area contributed by atoms with Gasteiger partial charge in [0.25, 0.3) is 0 Å². The minimum Gasteiger partial charge on any atom is -0.289 e. The Balaban J connectivity index is 2.05. The molecule has 0 bridgehead atoms. The molecule has 1 saturated carbocycles. The molecule has 0 heterocycles. The molecule has 1 fully saturated rings. The van der Waals surface area contributed by atoms with Crippen LogP contribution in [0.1, 0.15) is 38.9 Å². The standard InChI is InChI=1S/C16H10Cl2O/c17-16(18)13-9-5-1-3-7-11(9)15(19)12-8-4-2-6-10(12)14(13)16/h1-8,13-14H. The van der Waals surface area contributed by atoms with E-state index in [9.17, 15) is 4.79 Å². The van der Waals surface area contributed by atoms with Gasteiger partial charge in [0.2, 0.25) is 0 Å². The summed E-state index contributed by atoms with van der Waals surface area (Å²) in [4.78, 5) is 12.6. The number of hydrogen-bond donors (Lipinski definition) is 0. The van der Waals surface area contributed by atoms with Crippen molar-refractivity contribution in [3.05, 3.63) is 70.8 Å². The molecule has 1 nitrogen and oxygen atoms in total. The fourth-order valence-electron chi connectivity index (χ4n) is 3.20. The van der Waals surface area contributed by atoms with Crippen LogP contribution >= 0.6 is 23.2 Å². The molecule has 0 spiro atoms. The zero-order valence-electron chi connectivity index (χ0n) is 9.94. The smallest absolute Gasteiger partial charge is 0.193 e. The molecular weight excluding hydrogens is 279 g/mol. The second-order valence-electron chi connectivity index (χ2n) is 5.13. The van der Waals surface area contributed by atoms with Gasteiger partial charge in [-0.05, 0) is 11.1 Å². The predicted octanol–water partition coefficient (Wildman–Crippen LogP) is 4.29. The number of carbonyl (C=O) groups is 1. The monoisotopic (exact) mass is 288 g/mol. The van der Waals surface area contributed by atoms with E-state index in [2.05, 4.69) is 0 Å². The van der Waals surface area contributed by atoms with Gasteiger partial charge in [-0.15, -0.1) is 23.2 Å². The van der Waals surface area contributed by atoms with Crippen molar-refractivity contribution >= 4 is 29.0 Å². The van der Waals surface area contributed by atoms with Crippen LogP contribution in [-0.4, -0.2) is 10.1 Å². The summed E-state index contributed by atoms with van der Waals surface area (Å²) in [5.41, 5.74) is 3.40. The number of halogens is 2.